The number of aliphatic imine (C=N–C) groups is 1. The normalized spacial score (nSPS) is 25.1. The lowest BCUT2D eigenvalue weighted by Gasteiger charge is -2.38. The van der Waals surface area contributed by atoms with E-state index in [1.165, 1.54) is 13.1 Å². The van der Waals surface area contributed by atoms with Crippen LogP contribution in [0, 0.1) is 5.92 Å². The van der Waals surface area contributed by atoms with Crippen molar-refractivity contribution in [2.24, 2.45) is 10.9 Å². The first-order chi connectivity index (χ1) is 4.24. The minimum absolute atomic E-state index is 0.459. The summed E-state index contributed by atoms with van der Waals surface area (Å²) in [4.78, 5) is 6.27. The van der Waals surface area contributed by atoms with E-state index in [0.29, 0.717) is 6.04 Å². The summed E-state index contributed by atoms with van der Waals surface area (Å²) >= 11 is 0. The molecule has 1 saturated heterocycles. The third-order valence-electron chi connectivity index (χ3n) is 2.06. The van der Waals surface area contributed by atoms with Crippen molar-refractivity contribution < 1.29 is 0 Å². The van der Waals surface area contributed by atoms with Gasteiger partial charge in [0.2, 0.25) is 0 Å². The van der Waals surface area contributed by atoms with Gasteiger partial charge < -0.3 is 4.90 Å². The van der Waals surface area contributed by atoms with E-state index in [0.717, 1.165) is 5.92 Å². The summed E-state index contributed by atoms with van der Waals surface area (Å²) in [5, 5.41) is 0. The molecule has 2 heteroatoms. The maximum atomic E-state index is 3.97. The van der Waals surface area contributed by atoms with Crippen molar-refractivity contribution >= 4 is 6.72 Å². The number of hydrogen-bond donors (Lipinski definition) is 0. The van der Waals surface area contributed by atoms with Gasteiger partial charge in [0, 0.05) is 19.0 Å². The highest BCUT2D eigenvalue weighted by molar-refractivity contribution is 5.24. The summed E-state index contributed by atoms with van der Waals surface area (Å²) in [5.41, 5.74) is 0. The summed E-state index contributed by atoms with van der Waals surface area (Å²) in [6.45, 7) is 8.04. The molecule has 52 valence electrons. The topological polar surface area (TPSA) is 15.6 Å². The third kappa shape index (κ3) is 1.30. The van der Waals surface area contributed by atoms with Gasteiger partial charge in [-0.05, 0) is 20.7 Å². The summed E-state index contributed by atoms with van der Waals surface area (Å²) < 4.78 is 0. The van der Waals surface area contributed by atoms with Crippen molar-refractivity contribution in [2.75, 3.05) is 20.1 Å². The lowest BCUT2D eigenvalue weighted by molar-refractivity contribution is 0.118. The Morgan fingerprint density at radius 3 is 2.56 bits per heavy atom. The predicted molar refractivity (Wildman–Crippen MR) is 40.0 cm³/mol. The highest BCUT2D eigenvalue weighted by atomic mass is 15.2. The quantitative estimate of drug-likeness (QED) is 0.496. The van der Waals surface area contributed by atoms with E-state index in [9.17, 15) is 0 Å². The van der Waals surface area contributed by atoms with Crippen molar-refractivity contribution in [1.29, 1.82) is 0 Å². The highest BCUT2D eigenvalue weighted by Gasteiger charge is 2.27. The van der Waals surface area contributed by atoms with Gasteiger partial charge in [-0.25, -0.2) is 0 Å². The predicted octanol–water partition coefficient (Wildman–Crippen LogP) is 0.637. The Morgan fingerprint density at radius 2 is 2.22 bits per heavy atom. The molecule has 1 heterocycles. The van der Waals surface area contributed by atoms with Crippen LogP contribution in [-0.2, 0) is 0 Å². The second-order valence-corrected chi connectivity index (χ2v) is 2.90. The smallest absolute Gasteiger partial charge is 0.0516 e. The first-order valence-electron chi connectivity index (χ1n) is 3.38. The Bertz CT molecular complexity index is 105. The minimum Gasteiger partial charge on any atom is -0.306 e. The molecule has 0 aromatic heterocycles. The molecule has 0 N–H and O–H groups in total. The first-order valence-corrected chi connectivity index (χ1v) is 3.38. The van der Waals surface area contributed by atoms with E-state index in [-0.39, 0.29) is 0 Å². The van der Waals surface area contributed by atoms with Crippen molar-refractivity contribution in [1.82, 2.24) is 4.90 Å². The molecular formula is C7H14N2. The molecule has 0 aromatic rings. The molecule has 0 aliphatic carbocycles. The van der Waals surface area contributed by atoms with Crippen molar-refractivity contribution in [3.05, 3.63) is 0 Å². The maximum absolute atomic E-state index is 3.97. The van der Waals surface area contributed by atoms with Crippen LogP contribution in [0.1, 0.15) is 6.92 Å². The monoisotopic (exact) mass is 126 g/mol. The van der Waals surface area contributed by atoms with Gasteiger partial charge in [0.25, 0.3) is 0 Å². The average molecular weight is 126 g/mol. The number of likely N-dealkylation sites (tertiary alicyclic amines) is 1. The molecule has 0 amide bonds. The standard InChI is InChI=1S/C7H14N2/c1-6(8-2)7-4-9(3)5-7/h6-7H,2,4-5H2,1,3H3. The molecule has 1 atom stereocenters. The maximum Gasteiger partial charge on any atom is 0.0516 e. The molecule has 1 unspecified atom stereocenters. The number of nitrogens with zero attached hydrogens (tertiary/aromatic N) is 2. The Labute approximate surface area is 56.6 Å². The first kappa shape index (κ1) is 6.75. The van der Waals surface area contributed by atoms with Crippen LogP contribution in [0.15, 0.2) is 4.99 Å². The van der Waals surface area contributed by atoms with Crippen LogP contribution < -0.4 is 0 Å². The van der Waals surface area contributed by atoms with Crippen LogP contribution >= 0.6 is 0 Å². The summed E-state index contributed by atoms with van der Waals surface area (Å²) in [6.07, 6.45) is 0. The lowest BCUT2D eigenvalue weighted by Crippen LogP contribution is -2.48. The zero-order chi connectivity index (χ0) is 6.85. The molecule has 0 aromatic carbocycles. The van der Waals surface area contributed by atoms with Crippen LogP contribution in [-0.4, -0.2) is 37.8 Å². The van der Waals surface area contributed by atoms with Crippen LogP contribution in [0.5, 0.6) is 0 Å². The van der Waals surface area contributed by atoms with E-state index in [2.05, 4.69) is 30.6 Å². The second kappa shape index (κ2) is 2.48. The van der Waals surface area contributed by atoms with E-state index < -0.39 is 0 Å². The second-order valence-electron chi connectivity index (χ2n) is 2.90. The van der Waals surface area contributed by atoms with Gasteiger partial charge in [-0.15, -0.1) is 0 Å². The zero-order valence-electron chi connectivity index (χ0n) is 6.17. The fourth-order valence-electron chi connectivity index (χ4n) is 1.20. The molecular weight excluding hydrogens is 112 g/mol. The molecule has 1 rings (SSSR count). The van der Waals surface area contributed by atoms with Gasteiger partial charge in [0.05, 0.1) is 6.04 Å². The fourth-order valence-corrected chi connectivity index (χ4v) is 1.20. The van der Waals surface area contributed by atoms with Crippen molar-refractivity contribution in [3.8, 4) is 0 Å². The molecule has 1 fully saturated rings. The Balaban J connectivity index is 2.23. The summed E-state index contributed by atoms with van der Waals surface area (Å²) in [7, 11) is 2.13. The molecule has 9 heavy (non-hydrogen) atoms. The number of rotatable bonds is 2. The molecule has 1 aliphatic rings. The minimum atomic E-state index is 0.459. The van der Waals surface area contributed by atoms with Gasteiger partial charge in [0.1, 0.15) is 0 Å². The summed E-state index contributed by atoms with van der Waals surface area (Å²) in [5.74, 6) is 0.771. The third-order valence-corrected chi connectivity index (χ3v) is 2.06. The van der Waals surface area contributed by atoms with E-state index in [4.69, 9.17) is 0 Å². The van der Waals surface area contributed by atoms with Gasteiger partial charge in [-0.1, -0.05) is 0 Å². The number of hydrogen-bond acceptors (Lipinski definition) is 2. The van der Waals surface area contributed by atoms with Crippen LogP contribution in [0.2, 0.25) is 0 Å². The lowest BCUT2D eigenvalue weighted by atomic mass is 9.94. The van der Waals surface area contributed by atoms with Crippen LogP contribution in [0.4, 0.5) is 0 Å². The van der Waals surface area contributed by atoms with Crippen molar-refractivity contribution in [2.45, 2.75) is 13.0 Å². The van der Waals surface area contributed by atoms with E-state index in [1.54, 1.807) is 0 Å². The largest absolute Gasteiger partial charge is 0.306 e. The molecule has 0 saturated carbocycles. The van der Waals surface area contributed by atoms with Gasteiger partial charge in [-0.3, -0.25) is 4.99 Å². The zero-order valence-corrected chi connectivity index (χ0v) is 6.17. The molecule has 1 aliphatic heterocycles. The van der Waals surface area contributed by atoms with Gasteiger partial charge >= 0.3 is 0 Å². The fraction of sp³-hybridized carbons (Fsp3) is 0.857. The Morgan fingerprint density at radius 1 is 1.67 bits per heavy atom. The molecule has 2 nitrogen and oxygen atoms in total. The van der Waals surface area contributed by atoms with Gasteiger partial charge in [-0.2, -0.15) is 0 Å². The van der Waals surface area contributed by atoms with Gasteiger partial charge in [0.15, 0.2) is 0 Å². The SMILES string of the molecule is C=NC(C)C1CN(C)C1. The molecule has 0 bridgehead atoms. The molecule has 0 spiro atoms. The van der Waals surface area contributed by atoms with E-state index in [1.807, 2.05) is 0 Å². The highest BCUT2D eigenvalue weighted by Crippen LogP contribution is 2.18. The van der Waals surface area contributed by atoms with E-state index >= 15 is 0 Å². The Kier molecular flexibility index (Phi) is 1.86. The average Bonchev–Trinajstić information content (AvgIpc) is 1.79. The van der Waals surface area contributed by atoms with Crippen LogP contribution in [0.25, 0.3) is 0 Å². The summed E-state index contributed by atoms with van der Waals surface area (Å²) in [6, 6.07) is 0.459. The van der Waals surface area contributed by atoms with Crippen LogP contribution in [0.3, 0.4) is 0 Å². The Hall–Kier alpha value is -0.370. The van der Waals surface area contributed by atoms with Crippen molar-refractivity contribution in [3.63, 3.8) is 0 Å². The molecule has 0 radical (unpaired) electrons.